The molecular formula is C15H20N2O2. The third-order valence-electron chi connectivity index (χ3n) is 4.38. The summed E-state index contributed by atoms with van der Waals surface area (Å²) in [6.45, 7) is 3.87. The van der Waals surface area contributed by atoms with Gasteiger partial charge >= 0.3 is 0 Å². The molecule has 2 aliphatic rings. The van der Waals surface area contributed by atoms with Crippen molar-refractivity contribution < 1.29 is 9.53 Å². The second-order valence-corrected chi connectivity index (χ2v) is 5.89. The molecule has 0 aromatic heterocycles. The molecule has 0 saturated carbocycles. The van der Waals surface area contributed by atoms with Crippen molar-refractivity contribution in [3.63, 3.8) is 0 Å². The Balaban J connectivity index is 1.95. The summed E-state index contributed by atoms with van der Waals surface area (Å²) in [5, 5.41) is 0. The van der Waals surface area contributed by atoms with Gasteiger partial charge in [-0.3, -0.25) is 4.79 Å². The first-order chi connectivity index (χ1) is 8.99. The topological polar surface area (TPSA) is 55.6 Å². The second kappa shape index (κ2) is 4.23. The molecule has 3 rings (SSSR count). The molecule has 2 heterocycles. The van der Waals surface area contributed by atoms with Gasteiger partial charge in [-0.1, -0.05) is 0 Å². The summed E-state index contributed by atoms with van der Waals surface area (Å²) in [5.74, 6) is 0.859. The maximum Gasteiger partial charge on any atom is 0.170 e. The maximum absolute atomic E-state index is 12.4. The van der Waals surface area contributed by atoms with Crippen LogP contribution >= 0.6 is 0 Å². The summed E-state index contributed by atoms with van der Waals surface area (Å²) in [6.07, 6.45) is 2.31. The lowest BCUT2D eigenvalue weighted by atomic mass is 9.82. The van der Waals surface area contributed by atoms with Gasteiger partial charge in [0.1, 0.15) is 11.4 Å². The first-order valence-electron chi connectivity index (χ1n) is 6.80. The zero-order chi connectivity index (χ0) is 13.6. The number of piperidine rings is 1. The summed E-state index contributed by atoms with van der Waals surface area (Å²) in [7, 11) is 2.10. The van der Waals surface area contributed by atoms with Crippen molar-refractivity contribution in [2.75, 3.05) is 25.9 Å². The van der Waals surface area contributed by atoms with Crippen LogP contribution in [0.3, 0.4) is 0 Å². The monoisotopic (exact) mass is 260 g/mol. The van der Waals surface area contributed by atoms with Crippen molar-refractivity contribution in [3.05, 3.63) is 23.3 Å². The Kier molecular flexibility index (Phi) is 2.78. The third-order valence-corrected chi connectivity index (χ3v) is 4.38. The molecule has 1 fully saturated rings. The molecule has 0 atom stereocenters. The van der Waals surface area contributed by atoms with Gasteiger partial charge in [-0.2, -0.15) is 0 Å². The van der Waals surface area contributed by atoms with Crippen LogP contribution in [-0.2, 0) is 0 Å². The smallest absolute Gasteiger partial charge is 0.170 e. The quantitative estimate of drug-likeness (QED) is 0.725. The van der Waals surface area contributed by atoms with Crippen LogP contribution in [0.4, 0.5) is 5.69 Å². The van der Waals surface area contributed by atoms with E-state index in [-0.39, 0.29) is 11.4 Å². The number of nitrogens with zero attached hydrogens (tertiary/aromatic N) is 1. The molecule has 0 amide bonds. The van der Waals surface area contributed by atoms with Gasteiger partial charge in [0.15, 0.2) is 5.78 Å². The van der Waals surface area contributed by atoms with Gasteiger partial charge in [0, 0.05) is 37.7 Å². The molecule has 1 aromatic carbocycles. The fourth-order valence-electron chi connectivity index (χ4n) is 2.97. The number of carbonyl (C=O) groups is 1. The van der Waals surface area contributed by atoms with Crippen molar-refractivity contribution in [2.45, 2.75) is 31.8 Å². The number of likely N-dealkylation sites (tertiary alicyclic amines) is 1. The molecule has 0 bridgehead atoms. The molecule has 1 aromatic rings. The number of hydrogen-bond acceptors (Lipinski definition) is 4. The molecule has 1 spiro atoms. The number of fused-ring (bicyclic) bond motifs is 1. The fourth-order valence-corrected chi connectivity index (χ4v) is 2.97. The van der Waals surface area contributed by atoms with Crippen LogP contribution in [0.2, 0.25) is 0 Å². The lowest BCUT2D eigenvalue weighted by Gasteiger charge is -2.43. The molecule has 0 radical (unpaired) electrons. The molecule has 19 heavy (non-hydrogen) atoms. The van der Waals surface area contributed by atoms with E-state index in [2.05, 4.69) is 11.9 Å². The Labute approximate surface area is 113 Å². The summed E-state index contributed by atoms with van der Waals surface area (Å²) in [5.41, 5.74) is 7.94. The lowest BCUT2D eigenvalue weighted by Crippen LogP contribution is -2.50. The number of aryl methyl sites for hydroxylation is 1. The molecule has 2 aliphatic heterocycles. The highest BCUT2D eigenvalue weighted by Gasteiger charge is 2.42. The largest absolute Gasteiger partial charge is 0.486 e. The number of nitrogen functional groups attached to an aromatic ring is 1. The molecule has 1 saturated heterocycles. The zero-order valence-corrected chi connectivity index (χ0v) is 11.5. The normalized spacial score (nSPS) is 22.1. The molecule has 2 N–H and O–H groups in total. The van der Waals surface area contributed by atoms with Crippen LogP contribution in [0.25, 0.3) is 0 Å². The average molecular weight is 260 g/mol. The number of benzene rings is 1. The highest BCUT2D eigenvalue weighted by atomic mass is 16.5. The van der Waals surface area contributed by atoms with Gasteiger partial charge in [0.25, 0.3) is 0 Å². The van der Waals surface area contributed by atoms with Crippen molar-refractivity contribution >= 4 is 11.5 Å². The number of nitrogens with two attached hydrogens (primary N) is 1. The summed E-state index contributed by atoms with van der Waals surface area (Å²) >= 11 is 0. The Hall–Kier alpha value is -1.55. The first kappa shape index (κ1) is 12.5. The molecule has 4 nitrogen and oxygen atoms in total. The Bertz CT molecular complexity index is 531. The van der Waals surface area contributed by atoms with Crippen molar-refractivity contribution in [2.24, 2.45) is 0 Å². The minimum Gasteiger partial charge on any atom is -0.486 e. The van der Waals surface area contributed by atoms with Gasteiger partial charge in [0.05, 0.1) is 12.0 Å². The van der Waals surface area contributed by atoms with Gasteiger partial charge in [-0.05, 0) is 25.6 Å². The summed E-state index contributed by atoms with van der Waals surface area (Å²) < 4.78 is 6.19. The van der Waals surface area contributed by atoms with E-state index in [9.17, 15) is 4.79 Å². The second-order valence-electron chi connectivity index (χ2n) is 5.89. The van der Waals surface area contributed by atoms with E-state index in [1.54, 1.807) is 0 Å². The predicted octanol–water partition coefficient (Wildman–Crippen LogP) is 2.01. The summed E-state index contributed by atoms with van der Waals surface area (Å²) in [6, 6.07) is 3.66. The zero-order valence-electron chi connectivity index (χ0n) is 11.5. The van der Waals surface area contributed by atoms with Crippen LogP contribution < -0.4 is 10.5 Å². The minimum absolute atomic E-state index is 0.189. The number of ketones is 1. The van der Waals surface area contributed by atoms with E-state index in [4.69, 9.17) is 10.5 Å². The number of rotatable bonds is 0. The van der Waals surface area contributed by atoms with E-state index in [1.165, 1.54) is 0 Å². The summed E-state index contributed by atoms with van der Waals surface area (Å²) in [4.78, 5) is 14.6. The standard InChI is InChI=1S/C15H20N2O2/c1-10-7-11-13(18)9-15(3-5-17(2)6-4-15)19-14(11)8-12(10)16/h7-8H,3-6,9,16H2,1-2H3. The van der Waals surface area contributed by atoms with Crippen LogP contribution in [0.5, 0.6) is 5.75 Å². The van der Waals surface area contributed by atoms with Crippen molar-refractivity contribution in [1.82, 2.24) is 4.90 Å². The molecule has 102 valence electrons. The van der Waals surface area contributed by atoms with Crippen LogP contribution in [0.15, 0.2) is 12.1 Å². The number of hydrogen-bond donors (Lipinski definition) is 1. The van der Waals surface area contributed by atoms with Gasteiger partial charge < -0.3 is 15.4 Å². The molecular weight excluding hydrogens is 240 g/mol. The van der Waals surface area contributed by atoms with Gasteiger partial charge in [-0.25, -0.2) is 0 Å². The number of anilines is 1. The number of Topliss-reactive ketones (excluding diaryl/α,β-unsaturated/α-hetero) is 1. The van der Waals surface area contributed by atoms with Gasteiger partial charge in [0.2, 0.25) is 0 Å². The van der Waals surface area contributed by atoms with E-state index < -0.39 is 0 Å². The van der Waals surface area contributed by atoms with Crippen LogP contribution in [0, 0.1) is 6.92 Å². The number of carbonyl (C=O) groups excluding carboxylic acids is 1. The Morgan fingerprint density at radius 2 is 2.00 bits per heavy atom. The number of ether oxygens (including phenoxy) is 1. The third kappa shape index (κ3) is 2.10. The van der Waals surface area contributed by atoms with E-state index in [0.29, 0.717) is 23.4 Å². The highest BCUT2D eigenvalue weighted by molar-refractivity contribution is 6.01. The van der Waals surface area contributed by atoms with Crippen LogP contribution in [-0.4, -0.2) is 36.4 Å². The minimum atomic E-state index is -0.307. The predicted molar refractivity (Wildman–Crippen MR) is 74.6 cm³/mol. The van der Waals surface area contributed by atoms with Gasteiger partial charge in [-0.15, -0.1) is 0 Å². The Morgan fingerprint density at radius 3 is 2.68 bits per heavy atom. The SMILES string of the molecule is Cc1cc2c(cc1N)OC1(CCN(C)CC1)CC2=O. The maximum atomic E-state index is 12.4. The first-order valence-corrected chi connectivity index (χ1v) is 6.80. The molecule has 4 heteroatoms. The van der Waals surface area contributed by atoms with Crippen molar-refractivity contribution in [1.29, 1.82) is 0 Å². The van der Waals surface area contributed by atoms with E-state index >= 15 is 0 Å². The average Bonchev–Trinajstić information content (AvgIpc) is 2.36. The van der Waals surface area contributed by atoms with Crippen LogP contribution in [0.1, 0.15) is 35.2 Å². The molecule has 0 aliphatic carbocycles. The highest BCUT2D eigenvalue weighted by Crippen LogP contribution is 2.40. The van der Waals surface area contributed by atoms with E-state index in [1.807, 2.05) is 19.1 Å². The Morgan fingerprint density at radius 1 is 1.32 bits per heavy atom. The van der Waals surface area contributed by atoms with E-state index in [0.717, 1.165) is 31.5 Å². The van der Waals surface area contributed by atoms with Crippen molar-refractivity contribution in [3.8, 4) is 5.75 Å². The molecule has 0 unspecified atom stereocenters. The lowest BCUT2D eigenvalue weighted by molar-refractivity contribution is -0.00363. The fraction of sp³-hybridized carbons (Fsp3) is 0.533.